The highest BCUT2D eigenvalue weighted by atomic mass is 19.4. The van der Waals surface area contributed by atoms with Gasteiger partial charge in [-0.15, -0.1) is 0 Å². The molecule has 0 fully saturated rings. The fourth-order valence-electron chi connectivity index (χ4n) is 2.27. The first kappa shape index (κ1) is 14.8. The normalized spacial score (nSPS) is 17.1. The van der Waals surface area contributed by atoms with Crippen molar-refractivity contribution in [2.75, 3.05) is 6.54 Å². The van der Waals surface area contributed by atoms with Crippen molar-refractivity contribution in [1.82, 2.24) is 5.32 Å². The van der Waals surface area contributed by atoms with Crippen LogP contribution in [0.1, 0.15) is 46.9 Å². The van der Waals surface area contributed by atoms with E-state index in [1.165, 1.54) is 6.07 Å². The molecule has 1 aliphatic heterocycles. The molecule has 20 heavy (non-hydrogen) atoms. The molecule has 1 heterocycles. The van der Waals surface area contributed by atoms with Crippen LogP contribution in [0.4, 0.5) is 13.2 Å². The number of amides is 1. The molecule has 1 aliphatic rings. The van der Waals surface area contributed by atoms with Crippen LogP contribution in [-0.4, -0.2) is 23.7 Å². The third kappa shape index (κ3) is 3.72. The molecule has 2 N–H and O–H groups in total. The number of aliphatic hydroxyl groups is 1. The van der Waals surface area contributed by atoms with E-state index in [1.807, 2.05) is 0 Å². The maximum absolute atomic E-state index is 12.1. The molecule has 1 atom stereocenters. The Kier molecular flexibility index (Phi) is 4.32. The minimum atomic E-state index is -4.29. The van der Waals surface area contributed by atoms with Crippen molar-refractivity contribution < 1.29 is 23.1 Å². The smallest absolute Gasteiger partial charge is 0.388 e. The summed E-state index contributed by atoms with van der Waals surface area (Å²) in [6, 6.07) is 4.81. The lowest BCUT2D eigenvalue weighted by atomic mass is 9.97. The van der Waals surface area contributed by atoms with E-state index in [0.29, 0.717) is 17.7 Å². The molecule has 0 saturated heterocycles. The van der Waals surface area contributed by atoms with E-state index in [4.69, 9.17) is 0 Å². The number of hydrogen-bond donors (Lipinski definition) is 2. The number of rotatable bonds is 3. The molecule has 0 saturated carbocycles. The van der Waals surface area contributed by atoms with Crippen molar-refractivity contribution in [2.45, 2.75) is 38.0 Å². The number of carbonyl (C=O) groups excluding carboxylic acids is 1. The van der Waals surface area contributed by atoms with Crippen LogP contribution in [-0.2, 0) is 6.42 Å². The van der Waals surface area contributed by atoms with Gasteiger partial charge >= 0.3 is 6.18 Å². The number of aliphatic hydroxyl groups excluding tert-OH is 1. The Morgan fingerprint density at radius 1 is 1.35 bits per heavy atom. The zero-order valence-corrected chi connectivity index (χ0v) is 10.8. The number of benzene rings is 1. The van der Waals surface area contributed by atoms with Crippen molar-refractivity contribution >= 4 is 5.91 Å². The van der Waals surface area contributed by atoms with Gasteiger partial charge in [-0.1, -0.05) is 12.1 Å². The Morgan fingerprint density at radius 2 is 2.10 bits per heavy atom. The number of alkyl halides is 3. The largest absolute Gasteiger partial charge is 0.389 e. The molecule has 0 bridgehead atoms. The van der Waals surface area contributed by atoms with Crippen molar-refractivity contribution in [3.8, 4) is 0 Å². The van der Waals surface area contributed by atoms with E-state index in [9.17, 15) is 23.1 Å². The molecule has 3 nitrogen and oxygen atoms in total. The second kappa shape index (κ2) is 5.83. The zero-order valence-electron chi connectivity index (χ0n) is 10.8. The molecular formula is C14H16F3NO2. The number of aryl methyl sites for hydroxylation is 1. The first-order chi connectivity index (χ1) is 9.37. The second-order valence-corrected chi connectivity index (χ2v) is 4.95. The van der Waals surface area contributed by atoms with Gasteiger partial charge in [-0.3, -0.25) is 4.79 Å². The van der Waals surface area contributed by atoms with Crippen molar-refractivity contribution in [3.63, 3.8) is 0 Å². The number of nitrogens with one attached hydrogen (secondary N) is 1. The fourth-order valence-corrected chi connectivity index (χ4v) is 2.27. The average molecular weight is 287 g/mol. The van der Waals surface area contributed by atoms with E-state index >= 15 is 0 Å². The Balaban J connectivity index is 2.15. The molecule has 1 aromatic carbocycles. The van der Waals surface area contributed by atoms with Crippen molar-refractivity contribution in [3.05, 3.63) is 34.9 Å². The third-order valence-electron chi connectivity index (χ3n) is 3.37. The van der Waals surface area contributed by atoms with Gasteiger partial charge in [0, 0.05) is 18.5 Å². The van der Waals surface area contributed by atoms with Crippen LogP contribution in [0.15, 0.2) is 18.2 Å². The van der Waals surface area contributed by atoms with Gasteiger partial charge in [-0.05, 0) is 36.5 Å². The minimum absolute atomic E-state index is 0.234. The molecule has 1 amide bonds. The molecule has 1 aromatic rings. The van der Waals surface area contributed by atoms with Crippen LogP contribution >= 0.6 is 0 Å². The van der Waals surface area contributed by atoms with Crippen LogP contribution in [0.25, 0.3) is 0 Å². The first-order valence-electron chi connectivity index (χ1n) is 6.52. The summed E-state index contributed by atoms with van der Waals surface area (Å²) >= 11 is 0. The highest BCUT2D eigenvalue weighted by Gasteiger charge is 2.28. The molecule has 0 aliphatic carbocycles. The second-order valence-electron chi connectivity index (χ2n) is 4.95. The maximum atomic E-state index is 12.1. The van der Waals surface area contributed by atoms with E-state index in [2.05, 4.69) is 5.32 Å². The number of carbonyl (C=O) groups is 1. The van der Waals surface area contributed by atoms with Crippen molar-refractivity contribution in [2.24, 2.45) is 0 Å². The number of halogens is 3. The highest BCUT2D eigenvalue weighted by Crippen LogP contribution is 2.28. The van der Waals surface area contributed by atoms with Crippen LogP contribution in [0.5, 0.6) is 0 Å². The Bertz CT molecular complexity index is 500. The molecular weight excluding hydrogens is 271 g/mol. The van der Waals surface area contributed by atoms with Gasteiger partial charge in [0.2, 0.25) is 0 Å². The lowest BCUT2D eigenvalue weighted by Crippen LogP contribution is -2.22. The molecule has 0 spiro atoms. The summed E-state index contributed by atoms with van der Waals surface area (Å²) in [6.07, 6.45) is -5.37. The predicted molar refractivity (Wildman–Crippen MR) is 67.3 cm³/mol. The summed E-state index contributed by atoms with van der Waals surface area (Å²) in [4.78, 5) is 11.8. The summed E-state index contributed by atoms with van der Waals surface area (Å²) < 4.78 is 36.4. The SMILES string of the molecule is O=C1NCCCc2ccc(C(O)CCC(F)(F)F)cc21. The van der Waals surface area contributed by atoms with Crippen molar-refractivity contribution in [1.29, 1.82) is 0 Å². The third-order valence-corrected chi connectivity index (χ3v) is 3.37. The molecule has 1 unspecified atom stereocenters. The Hall–Kier alpha value is -1.56. The van der Waals surface area contributed by atoms with E-state index in [1.54, 1.807) is 12.1 Å². The fraction of sp³-hybridized carbons (Fsp3) is 0.500. The Morgan fingerprint density at radius 3 is 2.80 bits per heavy atom. The van der Waals surface area contributed by atoms with Gasteiger partial charge < -0.3 is 10.4 Å². The number of hydrogen-bond acceptors (Lipinski definition) is 2. The van der Waals surface area contributed by atoms with E-state index in [0.717, 1.165) is 18.4 Å². The lowest BCUT2D eigenvalue weighted by molar-refractivity contribution is -0.140. The van der Waals surface area contributed by atoms with Gasteiger partial charge in [0.1, 0.15) is 0 Å². The quantitative estimate of drug-likeness (QED) is 0.898. The first-order valence-corrected chi connectivity index (χ1v) is 6.52. The summed E-state index contributed by atoms with van der Waals surface area (Å²) in [5.41, 5.74) is 1.67. The maximum Gasteiger partial charge on any atom is 0.389 e. The molecule has 6 heteroatoms. The van der Waals surface area contributed by atoms with E-state index in [-0.39, 0.29) is 5.91 Å². The monoisotopic (exact) mass is 287 g/mol. The van der Waals surface area contributed by atoms with Crippen LogP contribution in [0, 0.1) is 0 Å². The molecule has 110 valence electrons. The van der Waals surface area contributed by atoms with E-state index < -0.39 is 25.1 Å². The Labute approximate surface area is 114 Å². The van der Waals surface area contributed by atoms with Crippen LogP contribution in [0.3, 0.4) is 0 Å². The highest BCUT2D eigenvalue weighted by molar-refractivity contribution is 5.96. The lowest BCUT2D eigenvalue weighted by Gasteiger charge is -2.14. The van der Waals surface area contributed by atoms with Crippen LogP contribution < -0.4 is 5.32 Å². The summed E-state index contributed by atoms with van der Waals surface area (Å²) in [7, 11) is 0. The van der Waals surface area contributed by atoms with Crippen LogP contribution in [0.2, 0.25) is 0 Å². The standard InChI is InChI=1S/C14H16F3NO2/c15-14(16,17)6-5-12(19)10-4-3-9-2-1-7-18-13(20)11(9)8-10/h3-4,8,12,19H,1-2,5-7H2,(H,18,20). The predicted octanol–water partition coefficient (Wildman–Crippen LogP) is 2.74. The molecule has 0 aromatic heterocycles. The average Bonchev–Trinajstić information content (AvgIpc) is 2.57. The number of fused-ring (bicyclic) bond motifs is 1. The van der Waals surface area contributed by atoms with Gasteiger partial charge in [-0.25, -0.2) is 0 Å². The summed E-state index contributed by atoms with van der Waals surface area (Å²) in [5, 5.41) is 12.5. The van der Waals surface area contributed by atoms with Gasteiger partial charge in [0.25, 0.3) is 5.91 Å². The molecule has 0 radical (unpaired) electrons. The summed E-state index contributed by atoms with van der Waals surface area (Å²) in [6.45, 7) is 0.583. The molecule has 2 rings (SSSR count). The van der Waals surface area contributed by atoms with Gasteiger partial charge in [0.15, 0.2) is 0 Å². The minimum Gasteiger partial charge on any atom is -0.388 e. The van der Waals surface area contributed by atoms with Gasteiger partial charge in [-0.2, -0.15) is 13.2 Å². The topological polar surface area (TPSA) is 49.3 Å². The van der Waals surface area contributed by atoms with Gasteiger partial charge in [0.05, 0.1) is 6.10 Å². The zero-order chi connectivity index (χ0) is 14.8. The summed E-state index contributed by atoms with van der Waals surface area (Å²) in [5.74, 6) is -0.234.